The highest BCUT2D eigenvalue weighted by molar-refractivity contribution is 5.93. The van der Waals surface area contributed by atoms with Gasteiger partial charge in [-0.05, 0) is 31.5 Å². The molecule has 0 aliphatic heterocycles. The number of methoxy groups -OCH3 is 2. The van der Waals surface area contributed by atoms with Gasteiger partial charge in [-0.15, -0.1) is 0 Å². The number of guanidine groups is 1. The van der Waals surface area contributed by atoms with Crippen LogP contribution in [0, 0.1) is 0 Å². The molecule has 0 spiro atoms. The lowest BCUT2D eigenvalue weighted by Crippen LogP contribution is -2.31. The summed E-state index contributed by atoms with van der Waals surface area (Å²) in [5.41, 5.74) is 1.97. The maximum absolute atomic E-state index is 5.64. The number of nitrogens with zero attached hydrogens (tertiary/aromatic N) is 1. The Hall–Kier alpha value is -2.73. The number of rotatable bonds is 9. The van der Waals surface area contributed by atoms with Crippen LogP contribution in [-0.4, -0.2) is 39.9 Å². The van der Waals surface area contributed by atoms with Gasteiger partial charge in [-0.25, -0.2) is 4.99 Å². The van der Waals surface area contributed by atoms with Gasteiger partial charge in [0, 0.05) is 25.4 Å². The number of aliphatic imine (C=N–C) groups is 1. The summed E-state index contributed by atoms with van der Waals surface area (Å²) in [5.74, 6) is 2.08. The topological polar surface area (TPSA) is 64.1 Å². The fraction of sp³-hybridized carbons (Fsp3) is 0.381. The van der Waals surface area contributed by atoms with Crippen molar-refractivity contribution in [3.8, 4) is 11.5 Å². The largest absolute Gasteiger partial charge is 0.493 e. The fourth-order valence-corrected chi connectivity index (χ4v) is 2.62. The van der Waals surface area contributed by atoms with E-state index < -0.39 is 0 Å². The number of nitrogens with one attached hydrogen (secondary N) is 2. The molecule has 27 heavy (non-hydrogen) atoms. The second kappa shape index (κ2) is 11.1. The molecule has 0 radical (unpaired) electrons. The standard InChI is InChI=1S/C21H29N3O3/c1-5-22-21(23-15-20(26-4)16-10-8-7-9-11-16)24-17-12-13-18(25-3)19(14-17)27-6-2/h7-14,20H,5-6,15H2,1-4H3,(H2,22,23,24). The molecule has 0 fully saturated rings. The third-order valence-electron chi connectivity index (χ3n) is 3.94. The molecule has 0 aliphatic carbocycles. The molecule has 146 valence electrons. The molecule has 0 aliphatic rings. The van der Waals surface area contributed by atoms with Crippen molar-refractivity contribution in [2.45, 2.75) is 20.0 Å². The minimum Gasteiger partial charge on any atom is -0.493 e. The Balaban J connectivity index is 2.14. The van der Waals surface area contributed by atoms with E-state index in [4.69, 9.17) is 14.2 Å². The van der Waals surface area contributed by atoms with Crippen LogP contribution in [0.5, 0.6) is 11.5 Å². The van der Waals surface area contributed by atoms with Gasteiger partial charge in [0.05, 0.1) is 20.3 Å². The zero-order valence-electron chi connectivity index (χ0n) is 16.5. The second-order valence-corrected chi connectivity index (χ2v) is 5.78. The van der Waals surface area contributed by atoms with E-state index in [0.29, 0.717) is 30.6 Å². The minimum atomic E-state index is -0.100. The van der Waals surface area contributed by atoms with Gasteiger partial charge in [0.2, 0.25) is 0 Å². The zero-order valence-corrected chi connectivity index (χ0v) is 16.5. The summed E-state index contributed by atoms with van der Waals surface area (Å²) < 4.78 is 16.6. The number of anilines is 1. The first-order valence-corrected chi connectivity index (χ1v) is 9.15. The SMILES string of the molecule is CCNC(=NCC(OC)c1ccccc1)Nc1ccc(OC)c(OCC)c1. The number of ether oxygens (including phenoxy) is 3. The smallest absolute Gasteiger partial charge is 0.195 e. The lowest BCUT2D eigenvalue weighted by atomic mass is 10.1. The Bertz CT molecular complexity index is 720. The molecule has 0 aromatic heterocycles. The van der Waals surface area contributed by atoms with Gasteiger partial charge in [0.15, 0.2) is 17.5 Å². The van der Waals surface area contributed by atoms with Crippen molar-refractivity contribution in [2.24, 2.45) is 4.99 Å². The molecular weight excluding hydrogens is 342 g/mol. The van der Waals surface area contributed by atoms with Crippen molar-refractivity contribution < 1.29 is 14.2 Å². The van der Waals surface area contributed by atoms with Gasteiger partial charge >= 0.3 is 0 Å². The van der Waals surface area contributed by atoms with Crippen molar-refractivity contribution in [3.05, 3.63) is 54.1 Å². The third-order valence-corrected chi connectivity index (χ3v) is 3.94. The van der Waals surface area contributed by atoms with Crippen molar-refractivity contribution in [1.29, 1.82) is 0 Å². The molecule has 2 N–H and O–H groups in total. The monoisotopic (exact) mass is 371 g/mol. The van der Waals surface area contributed by atoms with Gasteiger partial charge in [-0.1, -0.05) is 30.3 Å². The molecule has 6 nitrogen and oxygen atoms in total. The van der Waals surface area contributed by atoms with Crippen molar-refractivity contribution in [3.63, 3.8) is 0 Å². The normalized spacial score (nSPS) is 12.4. The first-order chi connectivity index (χ1) is 13.2. The summed E-state index contributed by atoms with van der Waals surface area (Å²) in [6, 6.07) is 15.8. The minimum absolute atomic E-state index is 0.100. The highest BCUT2D eigenvalue weighted by atomic mass is 16.5. The van der Waals surface area contributed by atoms with E-state index in [1.165, 1.54) is 0 Å². The molecule has 0 bridgehead atoms. The van der Waals surface area contributed by atoms with Gasteiger partial charge in [-0.3, -0.25) is 0 Å². The molecule has 6 heteroatoms. The van der Waals surface area contributed by atoms with E-state index in [9.17, 15) is 0 Å². The second-order valence-electron chi connectivity index (χ2n) is 5.78. The van der Waals surface area contributed by atoms with Crippen molar-refractivity contribution >= 4 is 11.6 Å². The van der Waals surface area contributed by atoms with Crippen molar-refractivity contribution in [2.75, 3.05) is 39.2 Å². The molecule has 1 unspecified atom stereocenters. The Kier molecular flexibility index (Phi) is 8.45. The molecular formula is C21H29N3O3. The Morgan fingerprint density at radius 1 is 1.04 bits per heavy atom. The molecule has 0 saturated carbocycles. The van der Waals surface area contributed by atoms with Crippen LogP contribution in [-0.2, 0) is 4.74 Å². The van der Waals surface area contributed by atoms with Crippen LogP contribution in [0.4, 0.5) is 5.69 Å². The highest BCUT2D eigenvalue weighted by Gasteiger charge is 2.11. The number of hydrogen-bond acceptors (Lipinski definition) is 4. The van der Waals surface area contributed by atoms with Crippen LogP contribution >= 0.6 is 0 Å². The molecule has 2 rings (SSSR count). The molecule has 0 amide bonds. The van der Waals surface area contributed by atoms with E-state index in [0.717, 1.165) is 17.8 Å². The summed E-state index contributed by atoms with van der Waals surface area (Å²) in [6.45, 7) is 5.80. The molecule has 2 aromatic carbocycles. The van der Waals surface area contributed by atoms with Crippen LogP contribution in [0.2, 0.25) is 0 Å². The summed E-state index contributed by atoms with van der Waals surface area (Å²) in [7, 11) is 3.33. The summed E-state index contributed by atoms with van der Waals surface area (Å²) in [5, 5.41) is 6.56. The molecule has 0 heterocycles. The Morgan fingerprint density at radius 2 is 1.81 bits per heavy atom. The maximum Gasteiger partial charge on any atom is 0.195 e. The summed E-state index contributed by atoms with van der Waals surface area (Å²) in [4.78, 5) is 4.67. The summed E-state index contributed by atoms with van der Waals surface area (Å²) >= 11 is 0. The maximum atomic E-state index is 5.64. The Morgan fingerprint density at radius 3 is 2.44 bits per heavy atom. The average Bonchev–Trinajstić information content (AvgIpc) is 2.70. The Labute approximate surface area is 161 Å². The first kappa shape index (κ1) is 20.6. The molecule has 1 atom stereocenters. The molecule has 2 aromatic rings. The van der Waals surface area contributed by atoms with Gasteiger partial charge < -0.3 is 24.8 Å². The van der Waals surface area contributed by atoms with Gasteiger partial charge in [0.25, 0.3) is 0 Å². The lowest BCUT2D eigenvalue weighted by molar-refractivity contribution is 0.111. The van der Waals surface area contributed by atoms with E-state index in [2.05, 4.69) is 15.6 Å². The van der Waals surface area contributed by atoms with Gasteiger partial charge in [-0.2, -0.15) is 0 Å². The van der Waals surface area contributed by atoms with Crippen LogP contribution in [0.1, 0.15) is 25.5 Å². The number of hydrogen-bond donors (Lipinski definition) is 2. The van der Waals surface area contributed by atoms with Gasteiger partial charge in [0.1, 0.15) is 6.10 Å². The highest BCUT2D eigenvalue weighted by Crippen LogP contribution is 2.30. The van der Waals surface area contributed by atoms with E-state index >= 15 is 0 Å². The van der Waals surface area contributed by atoms with E-state index in [1.807, 2.05) is 62.4 Å². The fourth-order valence-electron chi connectivity index (χ4n) is 2.62. The zero-order chi connectivity index (χ0) is 19.5. The van der Waals surface area contributed by atoms with Crippen LogP contribution in [0.25, 0.3) is 0 Å². The van der Waals surface area contributed by atoms with Crippen LogP contribution in [0.3, 0.4) is 0 Å². The van der Waals surface area contributed by atoms with E-state index in [-0.39, 0.29) is 6.10 Å². The third kappa shape index (κ3) is 6.18. The lowest BCUT2D eigenvalue weighted by Gasteiger charge is -2.17. The van der Waals surface area contributed by atoms with E-state index in [1.54, 1.807) is 14.2 Å². The predicted octanol–water partition coefficient (Wildman–Crippen LogP) is 3.86. The quantitative estimate of drug-likeness (QED) is 0.518. The average molecular weight is 371 g/mol. The predicted molar refractivity (Wildman–Crippen MR) is 110 cm³/mol. The first-order valence-electron chi connectivity index (χ1n) is 9.15. The molecule has 0 saturated heterocycles. The summed E-state index contributed by atoms with van der Waals surface area (Å²) in [6.07, 6.45) is -0.100. The number of benzene rings is 2. The van der Waals surface area contributed by atoms with Crippen LogP contribution in [0.15, 0.2) is 53.5 Å². The van der Waals surface area contributed by atoms with Crippen molar-refractivity contribution in [1.82, 2.24) is 5.32 Å². The van der Waals surface area contributed by atoms with Crippen LogP contribution < -0.4 is 20.1 Å².